The zero-order valence-corrected chi connectivity index (χ0v) is 24.7. The van der Waals surface area contributed by atoms with Crippen molar-refractivity contribution >= 4 is 44.8 Å². The van der Waals surface area contributed by atoms with Crippen molar-refractivity contribution in [1.29, 1.82) is 0 Å². The number of carbonyl (C=O) groups excluding carboxylic acids is 1. The summed E-state index contributed by atoms with van der Waals surface area (Å²) in [7, 11) is -1.59. The molecule has 0 spiro atoms. The quantitative estimate of drug-likeness (QED) is 0.291. The maximum absolute atomic E-state index is 14.3. The molecule has 0 bridgehead atoms. The molecule has 0 N–H and O–H groups in total. The molecule has 0 radical (unpaired) electrons. The molecule has 6 nitrogen and oxygen atoms in total. The highest BCUT2D eigenvalue weighted by molar-refractivity contribution is 7.93. The molecule has 13 heteroatoms. The Labute approximate surface area is 251 Å². The number of likely N-dealkylation sites (tertiary alicyclic amines) is 1. The Balaban J connectivity index is 1.38. The largest absolute Gasteiger partial charge is 0.419 e. The highest BCUT2D eigenvalue weighted by Gasteiger charge is 2.39. The molecule has 1 amide bonds. The molecule has 42 heavy (non-hydrogen) atoms. The Morgan fingerprint density at radius 3 is 2.31 bits per heavy atom. The monoisotopic (exact) mass is 643 g/mol. The normalized spacial score (nSPS) is 20.5. The van der Waals surface area contributed by atoms with Gasteiger partial charge in [0.2, 0.25) is 10.0 Å². The van der Waals surface area contributed by atoms with Gasteiger partial charge in [-0.3, -0.25) is 14.0 Å². The van der Waals surface area contributed by atoms with Crippen molar-refractivity contribution in [3.8, 4) is 0 Å². The number of halogens is 6. The first-order valence-corrected chi connectivity index (χ1v) is 15.5. The Bertz CT molecular complexity index is 1600. The van der Waals surface area contributed by atoms with Crippen LogP contribution in [0.15, 0.2) is 60.7 Å². The molecular weight excluding hydrogens is 617 g/mol. The van der Waals surface area contributed by atoms with Crippen molar-refractivity contribution in [1.82, 2.24) is 9.80 Å². The summed E-state index contributed by atoms with van der Waals surface area (Å²) in [5.74, 6) is -1.75. The lowest BCUT2D eigenvalue weighted by Crippen LogP contribution is -2.38. The first-order chi connectivity index (χ1) is 19.7. The van der Waals surface area contributed by atoms with Gasteiger partial charge in [0.15, 0.2) is 0 Å². The fourth-order valence-corrected chi connectivity index (χ4v) is 7.52. The van der Waals surface area contributed by atoms with Crippen molar-refractivity contribution < 1.29 is 30.8 Å². The molecule has 2 aliphatic rings. The van der Waals surface area contributed by atoms with Crippen molar-refractivity contribution in [2.24, 2.45) is 0 Å². The minimum Gasteiger partial charge on any atom is -0.336 e. The third-order valence-electron chi connectivity index (χ3n) is 7.79. The first kappa shape index (κ1) is 30.6. The Morgan fingerprint density at radius 2 is 1.71 bits per heavy atom. The van der Waals surface area contributed by atoms with Gasteiger partial charge in [0, 0.05) is 43.7 Å². The maximum atomic E-state index is 14.3. The van der Waals surface area contributed by atoms with E-state index in [2.05, 4.69) is 0 Å². The molecular formula is C29H27Cl2F4N3O3S. The number of hydrogen-bond donors (Lipinski definition) is 0. The second kappa shape index (κ2) is 11.7. The standard InChI is InChI=1S/C29H27Cl2F4N3O3S/c1-36(15-18-3-9-23(26(32)13-18)29(33,34)35)27-17-37(16-22(27)20-6-10-24(30)25(31)14-20)28(39)19-4-7-21(8-5-19)38-11-2-12-42(38,40)41/h3-10,13-14,22,27H,2,11-12,15-17H2,1H3/t22-,27?/m1/s1. The smallest absolute Gasteiger partial charge is 0.336 e. The van der Waals surface area contributed by atoms with Gasteiger partial charge < -0.3 is 4.90 Å². The summed E-state index contributed by atoms with van der Waals surface area (Å²) in [6, 6.07) is 14.2. The van der Waals surface area contributed by atoms with Gasteiger partial charge in [-0.25, -0.2) is 12.8 Å². The summed E-state index contributed by atoms with van der Waals surface area (Å²) in [6.07, 6.45) is -4.25. The fraction of sp³-hybridized carbons (Fsp3) is 0.345. The number of likely N-dealkylation sites (N-methyl/N-ethyl adjacent to an activating group) is 1. The van der Waals surface area contributed by atoms with Crippen molar-refractivity contribution in [2.45, 2.75) is 31.1 Å². The number of rotatable bonds is 6. The van der Waals surface area contributed by atoms with Crippen LogP contribution in [0.4, 0.5) is 23.2 Å². The summed E-state index contributed by atoms with van der Waals surface area (Å²) < 4.78 is 79.3. The van der Waals surface area contributed by atoms with Gasteiger partial charge in [0.05, 0.1) is 27.0 Å². The maximum Gasteiger partial charge on any atom is 0.419 e. The number of sulfonamides is 1. The molecule has 2 aliphatic heterocycles. The van der Waals surface area contributed by atoms with Crippen LogP contribution in [0.5, 0.6) is 0 Å². The van der Waals surface area contributed by atoms with E-state index in [4.69, 9.17) is 23.2 Å². The van der Waals surface area contributed by atoms with Crippen LogP contribution in [0.2, 0.25) is 10.0 Å². The highest BCUT2D eigenvalue weighted by Crippen LogP contribution is 2.36. The molecule has 224 valence electrons. The van der Waals surface area contributed by atoms with Crippen molar-refractivity contribution in [2.75, 3.05) is 36.7 Å². The third-order valence-corrected chi connectivity index (χ3v) is 10.4. The summed E-state index contributed by atoms with van der Waals surface area (Å²) in [5.41, 5.74) is 0.739. The second-order valence-electron chi connectivity index (χ2n) is 10.6. The first-order valence-electron chi connectivity index (χ1n) is 13.1. The SMILES string of the molecule is CN(Cc1ccc(C(F)(F)F)c(F)c1)C1CN(C(=O)c2ccc(N3CCCS3(=O)=O)cc2)C[C@@H]1c1ccc(Cl)c(Cl)c1. The van der Waals surface area contributed by atoms with Gasteiger partial charge in [-0.1, -0.05) is 35.3 Å². The van der Waals surface area contributed by atoms with E-state index in [9.17, 15) is 30.8 Å². The Hall–Kier alpha value is -2.86. The second-order valence-corrected chi connectivity index (χ2v) is 13.4. The van der Waals surface area contributed by atoms with Gasteiger partial charge in [0.25, 0.3) is 5.91 Å². The molecule has 0 aliphatic carbocycles. The van der Waals surface area contributed by atoms with Crippen LogP contribution in [0, 0.1) is 5.82 Å². The summed E-state index contributed by atoms with van der Waals surface area (Å²) in [5, 5.41) is 0.717. The molecule has 5 rings (SSSR count). The van der Waals surface area contributed by atoms with E-state index in [0.717, 1.165) is 17.7 Å². The summed E-state index contributed by atoms with van der Waals surface area (Å²) >= 11 is 12.4. The van der Waals surface area contributed by atoms with Crippen LogP contribution in [-0.4, -0.2) is 62.6 Å². The lowest BCUT2D eigenvalue weighted by molar-refractivity contribution is -0.140. The number of carbonyl (C=O) groups is 1. The molecule has 3 aromatic carbocycles. The minimum atomic E-state index is -4.79. The number of amides is 1. The predicted octanol–water partition coefficient (Wildman–Crippen LogP) is 6.43. The Morgan fingerprint density at radius 1 is 1.00 bits per heavy atom. The van der Waals surface area contributed by atoms with Crippen LogP contribution in [0.25, 0.3) is 0 Å². The minimum absolute atomic E-state index is 0.0889. The lowest BCUT2D eigenvalue weighted by atomic mass is 9.93. The number of hydrogen-bond acceptors (Lipinski definition) is 4. The van der Waals surface area contributed by atoms with E-state index >= 15 is 0 Å². The molecule has 1 unspecified atom stereocenters. The van der Waals surface area contributed by atoms with Gasteiger partial charge in [-0.2, -0.15) is 13.2 Å². The fourth-order valence-electron chi connectivity index (χ4n) is 5.64. The lowest BCUT2D eigenvalue weighted by Gasteiger charge is -2.29. The van der Waals surface area contributed by atoms with Crippen molar-refractivity contribution in [3.05, 3.63) is 98.8 Å². The third kappa shape index (κ3) is 6.24. The van der Waals surface area contributed by atoms with Gasteiger partial charge in [-0.15, -0.1) is 0 Å². The van der Waals surface area contributed by atoms with E-state index in [1.54, 1.807) is 48.3 Å². The van der Waals surface area contributed by atoms with Crippen LogP contribution in [0.3, 0.4) is 0 Å². The van der Waals surface area contributed by atoms with Crippen LogP contribution in [-0.2, 0) is 22.7 Å². The van der Waals surface area contributed by atoms with Crippen LogP contribution in [0.1, 0.15) is 39.4 Å². The highest BCUT2D eigenvalue weighted by atomic mass is 35.5. The Kier molecular flexibility index (Phi) is 8.50. The van der Waals surface area contributed by atoms with Gasteiger partial charge in [0.1, 0.15) is 5.82 Å². The van der Waals surface area contributed by atoms with E-state index in [1.165, 1.54) is 10.4 Å². The molecule has 0 aromatic heterocycles. The summed E-state index contributed by atoms with van der Waals surface area (Å²) in [6.45, 7) is 1.13. The van der Waals surface area contributed by atoms with Gasteiger partial charge in [-0.05, 0) is 73.1 Å². The van der Waals surface area contributed by atoms with Gasteiger partial charge >= 0.3 is 6.18 Å². The topological polar surface area (TPSA) is 60.9 Å². The number of nitrogens with zero attached hydrogens (tertiary/aromatic N) is 3. The molecule has 2 fully saturated rings. The zero-order chi connectivity index (χ0) is 30.4. The molecule has 3 aromatic rings. The molecule has 0 saturated carbocycles. The van der Waals surface area contributed by atoms with E-state index in [0.29, 0.717) is 46.4 Å². The molecule has 2 heterocycles. The zero-order valence-electron chi connectivity index (χ0n) is 22.4. The van der Waals surface area contributed by atoms with E-state index < -0.39 is 27.6 Å². The van der Waals surface area contributed by atoms with Crippen LogP contribution < -0.4 is 4.31 Å². The molecule has 2 atom stereocenters. The van der Waals surface area contributed by atoms with Crippen molar-refractivity contribution in [3.63, 3.8) is 0 Å². The summed E-state index contributed by atoms with van der Waals surface area (Å²) in [4.78, 5) is 17.1. The number of alkyl halides is 3. The average molecular weight is 645 g/mol. The average Bonchev–Trinajstić information content (AvgIpc) is 3.52. The van der Waals surface area contributed by atoms with Crippen LogP contribution >= 0.6 is 23.2 Å². The van der Waals surface area contributed by atoms with E-state index in [1.807, 2.05) is 11.0 Å². The van der Waals surface area contributed by atoms with E-state index in [-0.39, 0.29) is 36.7 Å². The number of benzene rings is 3. The molecule has 2 saturated heterocycles. The number of anilines is 1. The predicted molar refractivity (Wildman–Crippen MR) is 154 cm³/mol.